The van der Waals surface area contributed by atoms with Crippen molar-refractivity contribution in [2.45, 2.75) is 6.92 Å². The predicted octanol–water partition coefficient (Wildman–Crippen LogP) is 8.77. The topological polar surface area (TPSA) is 22.0 Å². The van der Waals surface area contributed by atoms with Crippen molar-refractivity contribution >= 4 is 57.2 Å². The molecule has 0 saturated heterocycles. The first-order valence-corrected chi connectivity index (χ1v) is 15.2. The Kier molecular flexibility index (Phi) is 6.73. The number of hydrogen-bond acceptors (Lipinski definition) is 1. The van der Waals surface area contributed by atoms with Crippen molar-refractivity contribution in [3.8, 4) is 22.4 Å². The third-order valence-electron chi connectivity index (χ3n) is 7.28. The summed E-state index contributed by atoms with van der Waals surface area (Å²) in [7, 11) is -1.24. The van der Waals surface area contributed by atoms with Crippen molar-refractivity contribution < 1.29 is 4.57 Å². The number of aryl methyl sites for hydroxylation is 2. The van der Waals surface area contributed by atoms with Crippen LogP contribution in [0.25, 0.3) is 33.3 Å². The van der Waals surface area contributed by atoms with Crippen LogP contribution < -0.4 is 15.9 Å². The fourth-order valence-corrected chi connectivity index (χ4v) is 8.96. The molecule has 6 rings (SSSR count). The Morgan fingerprint density at radius 2 is 1.26 bits per heavy atom. The van der Waals surface area contributed by atoms with Crippen LogP contribution in [-0.2, 0) is 11.6 Å². The quantitative estimate of drug-likeness (QED) is 0.191. The molecule has 1 aromatic heterocycles. The molecule has 0 spiro atoms. The first-order valence-electron chi connectivity index (χ1n) is 12.8. The second kappa shape index (κ2) is 10.2. The van der Waals surface area contributed by atoms with E-state index < -0.39 is 7.14 Å². The van der Waals surface area contributed by atoms with E-state index >= 15 is 4.57 Å². The Morgan fingerprint density at radius 3 is 1.87 bits per heavy atom. The van der Waals surface area contributed by atoms with E-state index in [2.05, 4.69) is 41.8 Å². The van der Waals surface area contributed by atoms with E-state index in [1.54, 1.807) is 6.07 Å². The van der Waals surface area contributed by atoms with Gasteiger partial charge in [-0.05, 0) is 24.6 Å². The third-order valence-corrected chi connectivity index (χ3v) is 10.9. The van der Waals surface area contributed by atoms with E-state index in [0.29, 0.717) is 10.0 Å². The number of rotatable bonds is 5. The number of benzene rings is 5. The zero-order valence-electron chi connectivity index (χ0n) is 21.6. The average Bonchev–Trinajstić information content (AvgIpc) is 3.25. The Balaban J connectivity index is 1.75. The molecule has 0 N–H and O–H groups in total. The van der Waals surface area contributed by atoms with Crippen LogP contribution in [0.15, 0.2) is 121 Å². The van der Waals surface area contributed by atoms with Gasteiger partial charge < -0.3 is 9.13 Å². The van der Waals surface area contributed by atoms with Crippen LogP contribution in [-0.4, -0.2) is 4.57 Å². The van der Waals surface area contributed by atoms with Crippen LogP contribution >= 0.6 is 30.3 Å². The fraction of sp³-hybridized carbons (Fsp3) is 0.0588. The van der Waals surface area contributed by atoms with E-state index in [1.165, 1.54) is 5.56 Å². The van der Waals surface area contributed by atoms with Crippen LogP contribution in [0.1, 0.15) is 5.56 Å². The van der Waals surface area contributed by atoms with Gasteiger partial charge in [0.2, 0.25) is 0 Å². The van der Waals surface area contributed by atoms with Crippen molar-refractivity contribution in [2.24, 2.45) is 7.05 Å². The van der Waals surface area contributed by atoms with Gasteiger partial charge in [0, 0.05) is 44.5 Å². The van der Waals surface area contributed by atoms with Crippen LogP contribution in [0.2, 0.25) is 10.0 Å². The van der Waals surface area contributed by atoms with Crippen LogP contribution in [0.4, 0.5) is 0 Å². The summed E-state index contributed by atoms with van der Waals surface area (Å²) in [6, 6.07) is 39.8. The van der Waals surface area contributed by atoms with Gasteiger partial charge in [0.15, 0.2) is 7.14 Å². The monoisotopic (exact) mass is 565 g/mol. The highest BCUT2D eigenvalue weighted by Crippen LogP contribution is 2.49. The minimum absolute atomic E-state index is 0.575. The molecule has 39 heavy (non-hydrogen) atoms. The first-order chi connectivity index (χ1) is 18.9. The predicted molar refractivity (Wildman–Crippen MR) is 168 cm³/mol. The largest absolute Gasteiger partial charge is 0.342 e. The van der Waals surface area contributed by atoms with Gasteiger partial charge in [0.1, 0.15) is 0 Å². The molecule has 5 heteroatoms. The van der Waals surface area contributed by atoms with Crippen molar-refractivity contribution in [3.63, 3.8) is 0 Å². The summed E-state index contributed by atoms with van der Waals surface area (Å²) in [5, 5.41) is 4.47. The van der Waals surface area contributed by atoms with Gasteiger partial charge in [-0.25, -0.2) is 0 Å². The molecular formula is C34H26Cl2NOP. The number of hydrogen-bond donors (Lipinski definition) is 0. The van der Waals surface area contributed by atoms with Gasteiger partial charge in [0.25, 0.3) is 0 Å². The van der Waals surface area contributed by atoms with E-state index in [4.69, 9.17) is 23.2 Å². The maximum atomic E-state index is 15.5. The Bertz CT molecular complexity index is 1820. The molecule has 0 bridgehead atoms. The van der Waals surface area contributed by atoms with Crippen LogP contribution in [0, 0.1) is 6.92 Å². The molecule has 192 valence electrons. The summed E-state index contributed by atoms with van der Waals surface area (Å²) in [4.78, 5) is 0. The lowest BCUT2D eigenvalue weighted by molar-refractivity contribution is 0.592. The maximum absolute atomic E-state index is 15.5. The number of nitrogens with zero attached hydrogens (tertiary/aromatic N) is 1. The maximum Gasteiger partial charge on any atom is 0.171 e. The standard InChI is InChI=1S/C34H26Cl2NOP/c1-23-17-19-24(20-18-23)32-29-21-25(35)22-30(36)33(29)37(2)34(32)28-15-9-10-16-31(28)39(38,26-11-5-3-6-12-26)27-13-7-4-8-14-27/h3-22H,1-2H3. The van der Waals surface area contributed by atoms with E-state index in [0.717, 1.165) is 49.2 Å². The summed E-state index contributed by atoms with van der Waals surface area (Å²) in [5.41, 5.74) is 5.96. The molecule has 2 nitrogen and oxygen atoms in total. The molecule has 0 saturated carbocycles. The number of aromatic nitrogens is 1. The zero-order valence-corrected chi connectivity index (χ0v) is 24.0. The molecule has 0 aliphatic heterocycles. The molecule has 6 aromatic rings. The van der Waals surface area contributed by atoms with Gasteiger partial charge in [-0.2, -0.15) is 0 Å². The molecule has 0 unspecified atom stereocenters. The van der Waals surface area contributed by atoms with Gasteiger partial charge in [-0.15, -0.1) is 0 Å². The van der Waals surface area contributed by atoms with Crippen molar-refractivity contribution in [3.05, 3.63) is 137 Å². The Labute approximate surface area is 238 Å². The van der Waals surface area contributed by atoms with E-state index in [-0.39, 0.29) is 0 Å². The minimum atomic E-state index is -3.26. The molecule has 0 radical (unpaired) electrons. The van der Waals surface area contributed by atoms with Gasteiger partial charge >= 0.3 is 0 Å². The highest BCUT2D eigenvalue weighted by Gasteiger charge is 2.34. The average molecular weight is 566 g/mol. The third kappa shape index (κ3) is 4.34. The van der Waals surface area contributed by atoms with Crippen molar-refractivity contribution in [2.75, 3.05) is 0 Å². The lowest BCUT2D eigenvalue weighted by Crippen LogP contribution is -2.26. The summed E-state index contributed by atoms with van der Waals surface area (Å²) in [6.45, 7) is 2.08. The van der Waals surface area contributed by atoms with Gasteiger partial charge in [-0.1, -0.05) is 138 Å². The summed E-state index contributed by atoms with van der Waals surface area (Å²) < 4.78 is 17.6. The number of halogens is 2. The first kappa shape index (κ1) is 25.7. The van der Waals surface area contributed by atoms with Crippen molar-refractivity contribution in [1.29, 1.82) is 0 Å². The molecule has 0 atom stereocenters. The SMILES string of the molecule is Cc1ccc(-c2c(-c3ccccc3P(=O)(c3ccccc3)c3ccccc3)n(C)c3c(Cl)cc(Cl)cc23)cc1. The summed E-state index contributed by atoms with van der Waals surface area (Å²) in [5.74, 6) is 0. The number of fused-ring (bicyclic) bond motifs is 1. The highest BCUT2D eigenvalue weighted by atomic mass is 35.5. The summed E-state index contributed by atoms with van der Waals surface area (Å²) >= 11 is 13.4. The van der Waals surface area contributed by atoms with Gasteiger partial charge in [0.05, 0.1) is 16.2 Å². The molecule has 5 aromatic carbocycles. The molecule has 0 aliphatic rings. The fourth-order valence-electron chi connectivity index (χ4n) is 5.48. The Hall–Kier alpha value is -3.55. The second-order valence-electron chi connectivity index (χ2n) is 9.73. The van der Waals surface area contributed by atoms with Crippen molar-refractivity contribution in [1.82, 2.24) is 4.57 Å². The molecule has 0 aliphatic carbocycles. The Morgan fingerprint density at radius 1 is 0.692 bits per heavy atom. The zero-order chi connectivity index (χ0) is 27.1. The van der Waals surface area contributed by atoms with Gasteiger partial charge in [-0.3, -0.25) is 0 Å². The normalized spacial score (nSPS) is 11.7. The molecular weight excluding hydrogens is 540 g/mol. The highest BCUT2D eigenvalue weighted by molar-refractivity contribution is 7.85. The second-order valence-corrected chi connectivity index (χ2v) is 13.3. The summed E-state index contributed by atoms with van der Waals surface area (Å²) in [6.07, 6.45) is 0. The molecule has 0 fully saturated rings. The van der Waals surface area contributed by atoms with E-state index in [9.17, 15) is 0 Å². The lowest BCUT2D eigenvalue weighted by Gasteiger charge is -2.23. The minimum Gasteiger partial charge on any atom is -0.342 e. The lowest BCUT2D eigenvalue weighted by atomic mass is 9.97. The van der Waals surface area contributed by atoms with E-state index in [1.807, 2.05) is 92.0 Å². The smallest absolute Gasteiger partial charge is 0.171 e. The van der Waals surface area contributed by atoms with Crippen LogP contribution in [0.3, 0.4) is 0 Å². The molecule has 1 heterocycles. The molecule has 0 amide bonds. The van der Waals surface area contributed by atoms with Crippen LogP contribution in [0.5, 0.6) is 0 Å².